The van der Waals surface area contributed by atoms with Crippen LogP contribution in [0.4, 0.5) is 16.2 Å². The molecule has 2 rings (SSSR count). The standard InChI is InChI=1S/C16H23N3O2/c1-3-21-16(20)18-13-8-9-14(12(2)11-13)19-15-7-5-4-6-10-17-15/h8-9,11H,3-7,10H2,1-2H3,(H,17,19)(H,18,20). The number of hydrogen-bond donors (Lipinski definition) is 2. The molecule has 1 aromatic carbocycles. The summed E-state index contributed by atoms with van der Waals surface area (Å²) in [6.45, 7) is 5.06. The fourth-order valence-electron chi connectivity index (χ4n) is 2.30. The van der Waals surface area contributed by atoms with Crippen LogP contribution in [0.15, 0.2) is 23.2 Å². The number of nitrogens with zero attached hydrogens (tertiary/aromatic N) is 1. The maximum atomic E-state index is 11.4. The molecule has 5 nitrogen and oxygen atoms in total. The molecule has 0 fully saturated rings. The molecule has 2 N–H and O–H groups in total. The van der Waals surface area contributed by atoms with Crippen LogP contribution in [0.1, 0.15) is 38.2 Å². The number of ether oxygens (including phenoxy) is 1. The van der Waals surface area contributed by atoms with Crippen LogP contribution in [0.3, 0.4) is 0 Å². The third-order valence-electron chi connectivity index (χ3n) is 3.40. The van der Waals surface area contributed by atoms with E-state index in [-0.39, 0.29) is 0 Å². The van der Waals surface area contributed by atoms with E-state index < -0.39 is 6.09 Å². The number of amides is 1. The molecule has 0 aromatic heterocycles. The van der Waals surface area contributed by atoms with Crippen molar-refractivity contribution in [1.29, 1.82) is 0 Å². The number of hydrogen-bond acceptors (Lipinski definition) is 4. The van der Waals surface area contributed by atoms with Gasteiger partial charge in [-0.15, -0.1) is 0 Å². The number of amidine groups is 1. The number of aryl methyl sites for hydroxylation is 1. The Morgan fingerprint density at radius 2 is 2.19 bits per heavy atom. The lowest BCUT2D eigenvalue weighted by Gasteiger charge is -2.13. The van der Waals surface area contributed by atoms with E-state index in [4.69, 9.17) is 4.74 Å². The molecule has 0 spiro atoms. The number of benzene rings is 1. The van der Waals surface area contributed by atoms with Crippen molar-refractivity contribution < 1.29 is 9.53 Å². The average Bonchev–Trinajstić information content (AvgIpc) is 2.71. The van der Waals surface area contributed by atoms with Crippen LogP contribution >= 0.6 is 0 Å². The Balaban J connectivity index is 2.01. The maximum absolute atomic E-state index is 11.4. The average molecular weight is 289 g/mol. The molecule has 21 heavy (non-hydrogen) atoms. The number of rotatable bonds is 3. The lowest BCUT2D eigenvalue weighted by atomic mass is 10.1. The molecule has 0 bridgehead atoms. The first-order valence-electron chi connectivity index (χ1n) is 7.54. The molecule has 0 radical (unpaired) electrons. The number of carbonyl (C=O) groups is 1. The van der Waals surface area contributed by atoms with Crippen LogP contribution in [0.2, 0.25) is 0 Å². The molecule has 1 aromatic rings. The van der Waals surface area contributed by atoms with Crippen molar-refractivity contribution in [3.63, 3.8) is 0 Å². The topological polar surface area (TPSA) is 62.7 Å². The minimum absolute atomic E-state index is 0.365. The minimum atomic E-state index is -0.425. The first-order valence-corrected chi connectivity index (χ1v) is 7.54. The number of carbonyl (C=O) groups excluding carboxylic acids is 1. The van der Waals surface area contributed by atoms with Gasteiger partial charge in [0.05, 0.1) is 6.61 Å². The Morgan fingerprint density at radius 3 is 2.95 bits per heavy atom. The van der Waals surface area contributed by atoms with Crippen molar-refractivity contribution in [1.82, 2.24) is 0 Å². The Kier molecular flexibility index (Phi) is 5.60. The Bertz CT molecular complexity index is 526. The van der Waals surface area contributed by atoms with Gasteiger partial charge in [-0.2, -0.15) is 0 Å². The van der Waals surface area contributed by atoms with Crippen LogP contribution in [0.25, 0.3) is 0 Å². The SMILES string of the molecule is CCOC(=O)Nc1ccc(NC2=NCCCCC2)c(C)c1. The molecule has 0 saturated carbocycles. The van der Waals surface area contributed by atoms with Gasteiger partial charge in [-0.05, 0) is 50.5 Å². The second-order valence-corrected chi connectivity index (χ2v) is 5.14. The van der Waals surface area contributed by atoms with E-state index in [2.05, 4.69) is 15.6 Å². The van der Waals surface area contributed by atoms with Gasteiger partial charge in [0.15, 0.2) is 0 Å². The van der Waals surface area contributed by atoms with Crippen molar-refractivity contribution in [2.75, 3.05) is 23.8 Å². The van der Waals surface area contributed by atoms with Crippen molar-refractivity contribution in [2.24, 2.45) is 4.99 Å². The van der Waals surface area contributed by atoms with E-state index in [1.807, 2.05) is 25.1 Å². The molecule has 1 amide bonds. The number of nitrogens with one attached hydrogen (secondary N) is 2. The molecule has 1 heterocycles. The molecule has 0 atom stereocenters. The van der Waals surface area contributed by atoms with Crippen LogP contribution in [0, 0.1) is 6.92 Å². The monoisotopic (exact) mass is 289 g/mol. The zero-order chi connectivity index (χ0) is 15.1. The Labute approximate surface area is 125 Å². The van der Waals surface area contributed by atoms with Gasteiger partial charge in [0.2, 0.25) is 0 Å². The lowest BCUT2D eigenvalue weighted by molar-refractivity contribution is 0.168. The lowest BCUT2D eigenvalue weighted by Crippen LogP contribution is -2.14. The summed E-state index contributed by atoms with van der Waals surface area (Å²) in [6, 6.07) is 5.75. The molecule has 1 aliphatic heterocycles. The van der Waals surface area contributed by atoms with E-state index in [1.54, 1.807) is 6.92 Å². The highest BCUT2D eigenvalue weighted by molar-refractivity contribution is 5.96. The van der Waals surface area contributed by atoms with Crippen molar-refractivity contribution in [3.8, 4) is 0 Å². The third kappa shape index (κ3) is 4.77. The van der Waals surface area contributed by atoms with Gasteiger partial charge >= 0.3 is 6.09 Å². The fourth-order valence-corrected chi connectivity index (χ4v) is 2.30. The quantitative estimate of drug-likeness (QED) is 0.885. The molecule has 5 heteroatoms. The number of aliphatic imine (C=N–C) groups is 1. The summed E-state index contributed by atoms with van der Waals surface area (Å²) in [4.78, 5) is 16.0. The molecular weight excluding hydrogens is 266 g/mol. The van der Waals surface area contributed by atoms with Crippen molar-refractivity contribution in [3.05, 3.63) is 23.8 Å². The maximum Gasteiger partial charge on any atom is 0.411 e. The van der Waals surface area contributed by atoms with Crippen LogP contribution in [-0.2, 0) is 4.74 Å². The zero-order valence-electron chi connectivity index (χ0n) is 12.7. The van der Waals surface area contributed by atoms with Gasteiger partial charge < -0.3 is 10.1 Å². The second kappa shape index (κ2) is 7.67. The van der Waals surface area contributed by atoms with Gasteiger partial charge in [-0.3, -0.25) is 10.3 Å². The van der Waals surface area contributed by atoms with Gasteiger partial charge in [0.25, 0.3) is 0 Å². The van der Waals surface area contributed by atoms with E-state index in [9.17, 15) is 4.79 Å². The highest BCUT2D eigenvalue weighted by Crippen LogP contribution is 2.21. The van der Waals surface area contributed by atoms with E-state index in [0.29, 0.717) is 6.61 Å². The predicted molar refractivity (Wildman–Crippen MR) is 86.2 cm³/mol. The zero-order valence-corrected chi connectivity index (χ0v) is 12.7. The summed E-state index contributed by atoms with van der Waals surface area (Å²) in [6.07, 6.45) is 4.18. The van der Waals surface area contributed by atoms with Gasteiger partial charge in [0.1, 0.15) is 5.84 Å². The molecule has 0 unspecified atom stereocenters. The summed E-state index contributed by atoms with van der Waals surface area (Å²) in [7, 11) is 0. The summed E-state index contributed by atoms with van der Waals surface area (Å²) < 4.78 is 4.87. The van der Waals surface area contributed by atoms with Gasteiger partial charge in [-0.25, -0.2) is 4.79 Å². The highest BCUT2D eigenvalue weighted by Gasteiger charge is 2.08. The van der Waals surface area contributed by atoms with Crippen molar-refractivity contribution >= 4 is 23.3 Å². The Morgan fingerprint density at radius 1 is 1.33 bits per heavy atom. The minimum Gasteiger partial charge on any atom is -0.450 e. The molecule has 0 saturated heterocycles. The number of anilines is 2. The van der Waals surface area contributed by atoms with Crippen LogP contribution < -0.4 is 10.6 Å². The smallest absolute Gasteiger partial charge is 0.411 e. The fraction of sp³-hybridized carbons (Fsp3) is 0.500. The van der Waals surface area contributed by atoms with Gasteiger partial charge in [0, 0.05) is 24.3 Å². The summed E-state index contributed by atoms with van der Waals surface area (Å²) >= 11 is 0. The summed E-state index contributed by atoms with van der Waals surface area (Å²) in [5, 5.41) is 6.11. The van der Waals surface area contributed by atoms with E-state index in [1.165, 1.54) is 19.3 Å². The van der Waals surface area contributed by atoms with Gasteiger partial charge in [-0.1, -0.05) is 6.42 Å². The van der Waals surface area contributed by atoms with Crippen LogP contribution in [0.5, 0.6) is 0 Å². The second-order valence-electron chi connectivity index (χ2n) is 5.14. The predicted octanol–water partition coefficient (Wildman–Crippen LogP) is 3.95. The Hall–Kier alpha value is -2.04. The highest BCUT2D eigenvalue weighted by atomic mass is 16.5. The third-order valence-corrected chi connectivity index (χ3v) is 3.40. The van der Waals surface area contributed by atoms with Crippen LogP contribution in [-0.4, -0.2) is 25.1 Å². The molecule has 1 aliphatic rings. The van der Waals surface area contributed by atoms with Crippen molar-refractivity contribution in [2.45, 2.75) is 39.5 Å². The normalized spacial score (nSPS) is 14.9. The van der Waals surface area contributed by atoms with E-state index in [0.717, 1.165) is 35.7 Å². The first kappa shape index (κ1) is 15.4. The summed E-state index contributed by atoms with van der Waals surface area (Å²) in [5.41, 5.74) is 2.83. The molecule has 0 aliphatic carbocycles. The largest absolute Gasteiger partial charge is 0.450 e. The summed E-state index contributed by atoms with van der Waals surface area (Å²) in [5.74, 6) is 1.06. The molecule has 114 valence electrons. The molecular formula is C16H23N3O2. The first-order chi connectivity index (χ1) is 10.2. The van der Waals surface area contributed by atoms with E-state index >= 15 is 0 Å².